The van der Waals surface area contributed by atoms with E-state index in [4.69, 9.17) is 4.74 Å². The molecule has 1 aromatic carbocycles. The van der Waals surface area contributed by atoms with E-state index in [2.05, 4.69) is 21.2 Å². The molecule has 0 bridgehead atoms. The van der Waals surface area contributed by atoms with Crippen LogP contribution in [0.1, 0.15) is 57.3 Å². The van der Waals surface area contributed by atoms with Gasteiger partial charge in [-0.1, -0.05) is 19.1 Å². The fourth-order valence-corrected chi connectivity index (χ4v) is 4.69. The molecular formula is C19H20BrNO3S. The number of thiophene rings is 1. The third-order valence-electron chi connectivity index (χ3n) is 4.16. The van der Waals surface area contributed by atoms with Gasteiger partial charge in [-0.25, -0.2) is 4.79 Å². The molecule has 3 rings (SSSR count). The van der Waals surface area contributed by atoms with Crippen LogP contribution < -0.4 is 5.32 Å². The van der Waals surface area contributed by atoms with Gasteiger partial charge in [0, 0.05) is 9.35 Å². The summed E-state index contributed by atoms with van der Waals surface area (Å²) in [7, 11) is 0. The Balaban J connectivity index is 1.92. The number of carbonyl (C=O) groups excluding carboxylic acids is 2. The average molecular weight is 422 g/mol. The van der Waals surface area contributed by atoms with E-state index in [-0.39, 0.29) is 11.9 Å². The number of nitrogens with one attached hydrogen (secondary N) is 1. The summed E-state index contributed by atoms with van der Waals surface area (Å²) in [5.41, 5.74) is 2.15. The summed E-state index contributed by atoms with van der Waals surface area (Å²) in [5.74, 6) is -0.556. The predicted molar refractivity (Wildman–Crippen MR) is 104 cm³/mol. The average Bonchev–Trinajstić information content (AvgIpc) is 2.97. The molecule has 1 aliphatic rings. The summed E-state index contributed by atoms with van der Waals surface area (Å²) in [6.07, 6.45) is 4.78. The van der Waals surface area contributed by atoms with Crippen LogP contribution in [0.25, 0.3) is 0 Å². The number of anilines is 1. The normalized spacial score (nSPS) is 13.2. The quantitative estimate of drug-likeness (QED) is 0.674. The Morgan fingerprint density at radius 1 is 1.24 bits per heavy atom. The van der Waals surface area contributed by atoms with Gasteiger partial charge < -0.3 is 10.1 Å². The van der Waals surface area contributed by atoms with Crippen molar-refractivity contribution in [2.45, 2.75) is 39.0 Å². The fraction of sp³-hybridized carbons (Fsp3) is 0.368. The molecule has 25 heavy (non-hydrogen) atoms. The summed E-state index contributed by atoms with van der Waals surface area (Å²) < 4.78 is 6.09. The van der Waals surface area contributed by atoms with E-state index >= 15 is 0 Å². The number of hydrogen-bond donors (Lipinski definition) is 1. The monoisotopic (exact) mass is 421 g/mol. The Kier molecular flexibility index (Phi) is 5.91. The lowest BCUT2D eigenvalue weighted by Crippen LogP contribution is -2.16. The highest BCUT2D eigenvalue weighted by molar-refractivity contribution is 9.10. The number of benzene rings is 1. The van der Waals surface area contributed by atoms with Crippen LogP contribution >= 0.6 is 27.3 Å². The number of carbonyl (C=O) groups is 2. The van der Waals surface area contributed by atoms with Crippen LogP contribution in [0, 0.1) is 0 Å². The van der Waals surface area contributed by atoms with Gasteiger partial charge in [-0.2, -0.15) is 0 Å². The molecule has 1 heterocycles. The lowest BCUT2D eigenvalue weighted by Gasteiger charge is -2.12. The molecule has 4 nitrogen and oxygen atoms in total. The molecule has 1 N–H and O–H groups in total. The van der Waals surface area contributed by atoms with Gasteiger partial charge in [0.1, 0.15) is 5.00 Å². The zero-order chi connectivity index (χ0) is 17.8. The molecule has 0 spiro atoms. The summed E-state index contributed by atoms with van der Waals surface area (Å²) in [6, 6.07) is 7.25. The first-order valence-corrected chi connectivity index (χ1v) is 10.1. The first-order valence-electron chi connectivity index (χ1n) is 8.49. The van der Waals surface area contributed by atoms with Crippen molar-refractivity contribution >= 4 is 44.1 Å². The van der Waals surface area contributed by atoms with E-state index in [1.807, 2.05) is 25.1 Å². The molecule has 0 aliphatic heterocycles. The van der Waals surface area contributed by atoms with E-state index in [9.17, 15) is 9.59 Å². The van der Waals surface area contributed by atoms with E-state index in [0.717, 1.165) is 42.1 Å². The van der Waals surface area contributed by atoms with Crippen LogP contribution in [-0.4, -0.2) is 18.5 Å². The Bertz CT molecular complexity index is 800. The van der Waals surface area contributed by atoms with Crippen molar-refractivity contribution in [2.24, 2.45) is 0 Å². The van der Waals surface area contributed by atoms with E-state index in [1.54, 1.807) is 6.07 Å². The first kappa shape index (κ1) is 18.1. The lowest BCUT2D eigenvalue weighted by atomic mass is 9.95. The molecule has 1 amide bonds. The number of aryl methyl sites for hydroxylation is 1. The molecule has 0 saturated heterocycles. The van der Waals surface area contributed by atoms with Crippen molar-refractivity contribution in [3.8, 4) is 0 Å². The largest absolute Gasteiger partial charge is 0.462 e. The van der Waals surface area contributed by atoms with Crippen molar-refractivity contribution < 1.29 is 14.3 Å². The second-order valence-electron chi connectivity index (χ2n) is 5.98. The molecule has 132 valence electrons. The van der Waals surface area contributed by atoms with Gasteiger partial charge in [0.05, 0.1) is 17.7 Å². The maximum atomic E-state index is 12.7. The molecule has 2 aromatic rings. The second kappa shape index (κ2) is 8.15. The van der Waals surface area contributed by atoms with Crippen LogP contribution in [0.4, 0.5) is 5.00 Å². The Labute approximate surface area is 159 Å². The van der Waals surface area contributed by atoms with Crippen molar-refractivity contribution in [1.82, 2.24) is 0 Å². The van der Waals surface area contributed by atoms with Gasteiger partial charge >= 0.3 is 5.97 Å². The zero-order valence-corrected chi connectivity index (χ0v) is 16.5. The molecule has 0 atom stereocenters. The van der Waals surface area contributed by atoms with Gasteiger partial charge in [0.25, 0.3) is 5.91 Å². The summed E-state index contributed by atoms with van der Waals surface area (Å²) >= 11 is 4.90. The van der Waals surface area contributed by atoms with Crippen molar-refractivity contribution in [1.29, 1.82) is 0 Å². The van der Waals surface area contributed by atoms with Crippen molar-refractivity contribution in [2.75, 3.05) is 11.9 Å². The molecule has 6 heteroatoms. The van der Waals surface area contributed by atoms with E-state index < -0.39 is 0 Å². The lowest BCUT2D eigenvalue weighted by molar-refractivity contribution is 0.0505. The Morgan fingerprint density at radius 3 is 2.76 bits per heavy atom. The highest BCUT2D eigenvalue weighted by Crippen LogP contribution is 2.39. The molecular weight excluding hydrogens is 402 g/mol. The SMILES string of the molecule is CCCOC(=O)c1c(NC(=O)c2ccccc2Br)sc2c1CCCC2. The standard InChI is InChI=1S/C19H20BrNO3S/c1-2-11-24-19(23)16-13-8-4-6-10-15(13)25-18(16)21-17(22)12-7-3-5-9-14(12)20/h3,5,7,9H,2,4,6,8,10-11H2,1H3,(H,21,22). The van der Waals surface area contributed by atoms with Gasteiger partial charge in [-0.05, 0) is 65.7 Å². The van der Waals surface area contributed by atoms with Crippen molar-refractivity contribution in [3.05, 3.63) is 50.3 Å². The van der Waals surface area contributed by atoms with Gasteiger partial charge in [-0.3, -0.25) is 4.79 Å². The Hall–Kier alpha value is -1.66. The van der Waals surface area contributed by atoms with E-state index in [1.165, 1.54) is 16.2 Å². The minimum atomic E-state index is -0.330. The highest BCUT2D eigenvalue weighted by atomic mass is 79.9. The van der Waals surface area contributed by atoms with Gasteiger partial charge in [0.2, 0.25) is 0 Å². The van der Waals surface area contributed by atoms with Gasteiger partial charge in [0.15, 0.2) is 0 Å². The minimum Gasteiger partial charge on any atom is -0.462 e. The topological polar surface area (TPSA) is 55.4 Å². The number of halogens is 1. The number of fused-ring (bicyclic) bond motifs is 1. The van der Waals surface area contributed by atoms with E-state index in [0.29, 0.717) is 22.7 Å². The molecule has 0 fully saturated rings. The third kappa shape index (κ3) is 3.96. The molecule has 1 aliphatic carbocycles. The van der Waals surface area contributed by atoms with Crippen LogP contribution in [0.3, 0.4) is 0 Å². The number of hydrogen-bond acceptors (Lipinski definition) is 4. The molecule has 0 saturated carbocycles. The smallest absolute Gasteiger partial charge is 0.341 e. The number of rotatable bonds is 5. The molecule has 1 aromatic heterocycles. The van der Waals surface area contributed by atoms with Crippen LogP contribution in [0.5, 0.6) is 0 Å². The first-order chi connectivity index (χ1) is 12.1. The maximum absolute atomic E-state index is 12.7. The summed E-state index contributed by atoms with van der Waals surface area (Å²) in [5, 5.41) is 3.54. The third-order valence-corrected chi connectivity index (χ3v) is 6.06. The zero-order valence-electron chi connectivity index (χ0n) is 14.1. The fourth-order valence-electron chi connectivity index (χ4n) is 2.95. The highest BCUT2D eigenvalue weighted by Gasteiger charge is 2.27. The minimum absolute atomic E-state index is 0.226. The Morgan fingerprint density at radius 2 is 2.00 bits per heavy atom. The van der Waals surface area contributed by atoms with Gasteiger partial charge in [-0.15, -0.1) is 11.3 Å². The number of amides is 1. The molecule has 0 radical (unpaired) electrons. The van der Waals surface area contributed by atoms with Crippen LogP contribution in [0.2, 0.25) is 0 Å². The summed E-state index contributed by atoms with van der Waals surface area (Å²) in [6.45, 7) is 2.35. The van der Waals surface area contributed by atoms with Crippen LogP contribution in [0.15, 0.2) is 28.7 Å². The second-order valence-corrected chi connectivity index (χ2v) is 7.94. The van der Waals surface area contributed by atoms with Crippen LogP contribution in [-0.2, 0) is 17.6 Å². The number of esters is 1. The number of ether oxygens (including phenoxy) is 1. The maximum Gasteiger partial charge on any atom is 0.341 e. The van der Waals surface area contributed by atoms with Crippen molar-refractivity contribution in [3.63, 3.8) is 0 Å². The molecule has 0 unspecified atom stereocenters. The summed E-state index contributed by atoms with van der Waals surface area (Å²) in [4.78, 5) is 26.4. The predicted octanol–water partition coefficient (Wildman–Crippen LogP) is 5.21.